The molecule has 29 heteroatoms. The molecule has 20 nitrogen and oxygen atoms in total. The second kappa shape index (κ2) is 44.8. The summed E-state index contributed by atoms with van der Waals surface area (Å²) in [4.78, 5) is 45.6. The van der Waals surface area contributed by atoms with Crippen molar-refractivity contribution < 1.29 is 95.0 Å². The lowest BCUT2D eigenvalue weighted by molar-refractivity contribution is -0.153. The molecule has 3 aromatic rings. The van der Waals surface area contributed by atoms with Gasteiger partial charge >= 0.3 is 23.9 Å². The van der Waals surface area contributed by atoms with Crippen LogP contribution in [0.15, 0.2) is 72.8 Å². The van der Waals surface area contributed by atoms with E-state index in [2.05, 4.69) is 107 Å². The van der Waals surface area contributed by atoms with Gasteiger partial charge < -0.3 is 75.8 Å². The van der Waals surface area contributed by atoms with Crippen LogP contribution in [0.4, 0.5) is 0 Å². The van der Waals surface area contributed by atoms with Gasteiger partial charge in [-0.3, -0.25) is 19.2 Å². The summed E-state index contributed by atoms with van der Waals surface area (Å²) >= 11 is 0. The molecule has 21 fully saturated rings. The summed E-state index contributed by atoms with van der Waals surface area (Å²) in [5.41, 5.74) is 10.2. The zero-order valence-corrected chi connectivity index (χ0v) is 101. The first-order valence-corrected chi connectivity index (χ1v) is 63.6. The molecule has 0 aromatic heterocycles. The molecule has 13 heterocycles. The zero-order valence-electron chi connectivity index (χ0n) is 83.3. The maximum absolute atomic E-state index is 11.7. The van der Waals surface area contributed by atoms with Gasteiger partial charge in [-0.1, -0.05) is 129 Å². The highest BCUT2D eigenvalue weighted by Crippen LogP contribution is 2.66. The molecule has 3 aromatic carbocycles. The summed E-state index contributed by atoms with van der Waals surface area (Å²) in [5.74, 6) is 13.1. The van der Waals surface area contributed by atoms with Crippen molar-refractivity contribution in [1.29, 1.82) is 0 Å². The van der Waals surface area contributed by atoms with Crippen LogP contribution in [0.2, 0.25) is 39.3 Å². The van der Waals surface area contributed by atoms with Gasteiger partial charge in [-0.2, -0.15) is 0 Å². The van der Waals surface area contributed by atoms with Gasteiger partial charge in [0.1, 0.15) is 17.2 Å². The average molecular weight is 1980 g/mol. The van der Waals surface area contributed by atoms with Crippen LogP contribution in [0.5, 0.6) is 17.2 Å². The molecule has 8 saturated carbocycles. The maximum atomic E-state index is 11.7. The topological polar surface area (TPSA) is 216 Å². The number of benzene rings is 3. The van der Waals surface area contributed by atoms with E-state index in [1.165, 1.54) is 213 Å². The smallest absolute Gasteiger partial charge is 0.312 e. The Bertz CT molecular complexity index is 4200. The van der Waals surface area contributed by atoms with Crippen LogP contribution in [-0.2, 0) is 93.2 Å². The second-order valence-corrected chi connectivity index (χ2v) is 58.3. The van der Waals surface area contributed by atoms with Crippen LogP contribution >= 0.6 is 0 Å². The molecule has 13 aliphatic heterocycles. The number of ether oxygens (including phenoxy) is 16. The molecule has 736 valence electrons. The Morgan fingerprint density at radius 1 is 0.409 bits per heavy atom. The van der Waals surface area contributed by atoms with Crippen LogP contribution in [0.3, 0.4) is 0 Å². The van der Waals surface area contributed by atoms with Gasteiger partial charge in [-0.25, -0.2) is 0 Å². The Kier molecular flexibility index (Phi) is 34.4. The van der Waals surface area contributed by atoms with E-state index in [9.17, 15) is 19.2 Å². The van der Waals surface area contributed by atoms with Crippen molar-refractivity contribution >= 4 is 121 Å². The van der Waals surface area contributed by atoms with Gasteiger partial charge in [0.15, 0.2) is 0 Å². The highest BCUT2D eigenvalue weighted by molar-refractivity contribution is 6.32. The number of esters is 4. The third-order valence-corrected chi connectivity index (χ3v) is 46.9. The zero-order chi connectivity index (χ0) is 92.7. The molecule has 2 spiro atoms. The number of hydrogen-bond acceptors (Lipinski definition) is 20. The predicted molar refractivity (Wildman–Crippen MR) is 548 cm³/mol. The Balaban J connectivity index is 0.000000109. The van der Waals surface area contributed by atoms with Gasteiger partial charge in [0.2, 0.25) is 0 Å². The Morgan fingerprint density at radius 2 is 0.902 bits per heavy atom. The van der Waals surface area contributed by atoms with E-state index < -0.39 is 0 Å². The predicted octanol–water partition coefficient (Wildman–Crippen LogP) is 6.13. The lowest BCUT2D eigenvalue weighted by Crippen LogP contribution is -2.46. The number of fused-ring (bicyclic) bond motifs is 20. The van der Waals surface area contributed by atoms with Crippen molar-refractivity contribution in [3.05, 3.63) is 83.9 Å². The van der Waals surface area contributed by atoms with Crippen molar-refractivity contribution in [2.45, 2.75) is 246 Å². The summed E-state index contributed by atoms with van der Waals surface area (Å²) < 4.78 is 88.4. The van der Waals surface area contributed by atoms with E-state index in [1.54, 1.807) is 0 Å². The van der Waals surface area contributed by atoms with E-state index in [0.29, 0.717) is 94.6 Å². The lowest BCUT2D eigenvalue weighted by Gasteiger charge is -2.40. The number of cyclic esters (lactones) is 4. The number of carbonyl (C=O) groups excluding carboxylic acids is 4. The largest absolute Gasteiger partial charge is 0.493 e. The fraction of sp³-hybridized carbons (Fsp3) is 0.786. The molecule has 0 amide bonds. The van der Waals surface area contributed by atoms with Crippen LogP contribution in [0.1, 0.15) is 181 Å². The molecule has 26 atom stereocenters. The van der Waals surface area contributed by atoms with Crippen molar-refractivity contribution in [3.63, 3.8) is 0 Å². The first-order chi connectivity index (χ1) is 63.7. The van der Waals surface area contributed by atoms with Crippen LogP contribution in [-0.4, -0.2) is 279 Å². The van der Waals surface area contributed by atoms with E-state index in [-0.39, 0.29) is 45.5 Å². The van der Waals surface area contributed by atoms with E-state index >= 15 is 0 Å². The highest BCUT2D eigenvalue weighted by atomic mass is 28.2. The third kappa shape index (κ3) is 23.0. The summed E-state index contributed by atoms with van der Waals surface area (Å²) in [6.45, 7) is 28.5. The number of aryl methyl sites for hydroxylation is 1. The highest BCUT2D eigenvalue weighted by Gasteiger charge is 2.63. The Labute approximate surface area is 816 Å². The first-order valence-electron chi connectivity index (χ1n) is 52.8. The Hall–Kier alpha value is -3.47. The van der Waals surface area contributed by atoms with Gasteiger partial charge in [0, 0.05) is 132 Å². The fourth-order valence-corrected chi connectivity index (χ4v) is 37.4. The molecule has 21 aliphatic rings. The van der Waals surface area contributed by atoms with Gasteiger partial charge in [-0.05, 0) is 222 Å². The first kappa shape index (κ1) is 101. The quantitative estimate of drug-likeness (QED) is 0.0530. The second-order valence-electron chi connectivity index (χ2n) is 46.6. The standard InChI is InChI=1S/C14H22O2Si.2C13H24O3Si.C13H20O2Si.C12H18O2Si.2C10H16O2Si.2C9H14O2Si/c1-2-14(9-15-10-14)11-16-13-5-3-12(4-6-13)7-8-17;1-2-13(7-15-8-13)6-14-5-9-3-11-12(17)4-10(9)16-11;1-2-13(7-15-8-13)6-14-5-9-3-10-4-11(17)12(9)16-10;1-2-13(8-14-9-13)10-15-12-5-3-11(7-16)4-6-12;1-2-12(7-13-8-12)9-14-10-3-5-11(15)6-4-10;11-9-4-10(5-12-9)3-6-1-7(10)8(13)2-6;11-9-10(1-2-12-9)5-6-3-7(10)8(13)4-6;10-9-8-4-1-5(7(12)2-4)6(8)3-11-9;10-9-8-5-1-4(2-7(5)12)6(8)3-11-9/h3-6H,2,7-11H2,1,17H3;2*9-12H,2-8H2,1,17H3;3-6H,2,7-10H2,1,16H3;3-6H,2,7-9H2,1,15H3;2*6-8H,1-5H2,13H3;2*4-8H,1-3H2,12H3. The van der Waals surface area contributed by atoms with Gasteiger partial charge in [-0.15, -0.1) is 0 Å². The minimum absolute atomic E-state index is 0.00926. The lowest BCUT2D eigenvalue weighted by atomic mass is 9.72. The molecule has 13 saturated heterocycles. The summed E-state index contributed by atoms with van der Waals surface area (Å²) in [6.07, 6.45) is 29.4. The molecule has 0 N–H and O–H groups in total. The Morgan fingerprint density at radius 3 is 1.35 bits per heavy atom. The maximum Gasteiger partial charge on any atom is 0.312 e. The SMILES string of the molecule is CCC1(COCC2CC3CC([SiH3])C2O3)COC1.CCC1(COCC2CC3OC2CC3[SiH3])COC1.CCC1(COc2ccc(CC[SiH3])cc2)COC1.CCC1(COc2ccc(C[SiH3])cc2)COC1.CCC1(COc2ccc([SiH3])cc2)COC1.O=C1CC2(CO1)CC1CC([SiH3])C2C1.O=C1OCC2C3CC(CC3[SiH3])C12.O=C1OCC2C3CC([SiH3])C(C3)C12.O=C1OCCC12CC1CC([SiH3])C2C1. The minimum atomic E-state index is 0.00926. The molecule has 0 radical (unpaired) electrons. The minimum Gasteiger partial charge on any atom is -0.493 e. The molecular formula is C103H168O20Si9. The summed E-state index contributed by atoms with van der Waals surface area (Å²) in [6, 6.07) is 28.0. The number of rotatable bonds is 25. The molecule has 132 heavy (non-hydrogen) atoms. The van der Waals surface area contributed by atoms with Crippen LogP contribution in [0.25, 0.3) is 0 Å². The summed E-state index contributed by atoms with van der Waals surface area (Å²) in [7, 11) is 11.3. The number of hydrogen-bond donors (Lipinski definition) is 0. The van der Waals surface area contributed by atoms with Crippen molar-refractivity contribution in [3.8, 4) is 17.2 Å². The molecule has 12 bridgehead atoms. The average Bonchev–Trinajstić information content (AvgIpc) is 1.58. The number of carbonyl (C=O) groups is 4. The van der Waals surface area contributed by atoms with E-state index in [4.69, 9.17) is 75.8 Å². The van der Waals surface area contributed by atoms with Crippen molar-refractivity contribution in [2.75, 3.05) is 139 Å². The normalized spacial score (nSPS) is 38.3. The van der Waals surface area contributed by atoms with Crippen LogP contribution < -0.4 is 19.4 Å². The van der Waals surface area contributed by atoms with E-state index in [1.807, 2.05) is 0 Å². The molecule has 8 aliphatic carbocycles. The third-order valence-electron chi connectivity index (χ3n) is 37.4. The van der Waals surface area contributed by atoms with Gasteiger partial charge in [0.05, 0.1) is 203 Å². The van der Waals surface area contributed by atoms with Crippen LogP contribution in [0, 0.1) is 121 Å². The molecule has 26 unspecified atom stereocenters. The fourth-order valence-electron chi connectivity index (χ4n) is 28.0. The monoisotopic (exact) mass is 1980 g/mol. The summed E-state index contributed by atoms with van der Waals surface area (Å²) in [5, 5.41) is 1.40. The van der Waals surface area contributed by atoms with Crippen molar-refractivity contribution in [2.24, 2.45) is 121 Å². The van der Waals surface area contributed by atoms with Gasteiger partial charge in [0.25, 0.3) is 0 Å². The molecule has 24 rings (SSSR count). The van der Waals surface area contributed by atoms with Crippen molar-refractivity contribution in [1.82, 2.24) is 0 Å². The van der Waals surface area contributed by atoms with E-state index in [0.717, 1.165) is 267 Å². The molecular weight excluding hydrogens is 1810 g/mol.